The lowest BCUT2D eigenvalue weighted by Crippen LogP contribution is -2.46. The van der Waals surface area contributed by atoms with Crippen LogP contribution in [0.3, 0.4) is 0 Å². The second kappa shape index (κ2) is 6.61. The van der Waals surface area contributed by atoms with E-state index in [4.69, 9.17) is 0 Å². The fourth-order valence-corrected chi connectivity index (χ4v) is 2.78. The van der Waals surface area contributed by atoms with Crippen molar-refractivity contribution in [2.45, 2.75) is 57.2 Å². The molecule has 90 valence electrons. The van der Waals surface area contributed by atoms with Crippen LogP contribution in [0.4, 0.5) is 0 Å². The first-order valence-corrected chi connectivity index (χ1v) is 7.56. The Labute approximate surface area is 95.1 Å². The second-order valence-corrected chi connectivity index (χ2v) is 6.15. The number of hydrogen-bond donors (Lipinski definition) is 2. The van der Waals surface area contributed by atoms with Gasteiger partial charge in [-0.2, -0.15) is 0 Å². The van der Waals surface area contributed by atoms with Crippen LogP contribution >= 0.6 is 0 Å². The Morgan fingerprint density at radius 2 is 2.13 bits per heavy atom. The van der Waals surface area contributed by atoms with Crippen molar-refractivity contribution in [1.82, 2.24) is 5.32 Å². The van der Waals surface area contributed by atoms with Crippen LogP contribution in [0, 0.1) is 0 Å². The minimum Gasteiger partial charge on any atom is -0.392 e. The standard InChI is InChI=1S/C11H23NO2S/c1-9(7-8-15(2)14)12-10-5-3-4-6-11(10)13/h9-13H,3-8H2,1-2H3/t9?,10-,11-,15?/m1/s1. The molecule has 0 aliphatic heterocycles. The van der Waals surface area contributed by atoms with Gasteiger partial charge in [0.25, 0.3) is 0 Å². The highest BCUT2D eigenvalue weighted by Gasteiger charge is 2.23. The van der Waals surface area contributed by atoms with Crippen LogP contribution in [-0.4, -0.2) is 39.5 Å². The zero-order valence-corrected chi connectivity index (χ0v) is 10.6. The van der Waals surface area contributed by atoms with E-state index in [9.17, 15) is 9.32 Å². The average molecular weight is 233 g/mol. The molecule has 3 nitrogen and oxygen atoms in total. The maximum atomic E-state index is 10.9. The Morgan fingerprint density at radius 1 is 1.47 bits per heavy atom. The molecule has 2 N–H and O–H groups in total. The van der Waals surface area contributed by atoms with E-state index in [0.717, 1.165) is 31.4 Å². The molecule has 0 saturated heterocycles. The highest BCUT2D eigenvalue weighted by atomic mass is 32.2. The van der Waals surface area contributed by atoms with Crippen molar-refractivity contribution in [2.24, 2.45) is 0 Å². The maximum Gasteiger partial charge on any atom is 0.0693 e. The molecule has 1 aliphatic rings. The van der Waals surface area contributed by atoms with Crippen LogP contribution in [0.5, 0.6) is 0 Å². The summed E-state index contributed by atoms with van der Waals surface area (Å²) in [5.41, 5.74) is 0. The van der Waals surface area contributed by atoms with Gasteiger partial charge < -0.3 is 10.4 Å². The number of aliphatic hydroxyl groups excluding tert-OH is 1. The third-order valence-corrected chi connectivity index (χ3v) is 3.88. The number of rotatable bonds is 5. The summed E-state index contributed by atoms with van der Waals surface area (Å²) in [5, 5.41) is 13.2. The van der Waals surface area contributed by atoms with Gasteiger partial charge >= 0.3 is 0 Å². The lowest BCUT2D eigenvalue weighted by atomic mass is 9.92. The molecule has 1 fully saturated rings. The maximum absolute atomic E-state index is 10.9. The zero-order chi connectivity index (χ0) is 11.3. The van der Waals surface area contributed by atoms with Crippen molar-refractivity contribution in [3.05, 3.63) is 0 Å². The molecule has 0 bridgehead atoms. The van der Waals surface area contributed by atoms with Crippen molar-refractivity contribution in [2.75, 3.05) is 12.0 Å². The van der Waals surface area contributed by atoms with Gasteiger partial charge in [0.2, 0.25) is 0 Å². The smallest absolute Gasteiger partial charge is 0.0693 e. The Kier molecular flexibility index (Phi) is 5.79. The van der Waals surface area contributed by atoms with Gasteiger partial charge in [0, 0.05) is 34.9 Å². The van der Waals surface area contributed by atoms with Gasteiger partial charge in [-0.05, 0) is 26.2 Å². The molecule has 1 rings (SSSR count). The molecule has 4 heteroatoms. The van der Waals surface area contributed by atoms with Crippen LogP contribution in [0.1, 0.15) is 39.0 Å². The number of aliphatic hydroxyl groups is 1. The molecule has 0 heterocycles. The number of hydrogen-bond acceptors (Lipinski definition) is 3. The SMILES string of the molecule is CC(CCS(C)=O)N[C@@H]1CCCC[C@H]1O. The zero-order valence-electron chi connectivity index (χ0n) is 9.74. The predicted molar refractivity (Wildman–Crippen MR) is 64.4 cm³/mol. The first-order valence-electron chi connectivity index (χ1n) is 5.83. The Hall–Kier alpha value is 0.0700. The van der Waals surface area contributed by atoms with Gasteiger partial charge in [0.15, 0.2) is 0 Å². The van der Waals surface area contributed by atoms with Crippen LogP contribution in [-0.2, 0) is 10.8 Å². The van der Waals surface area contributed by atoms with E-state index in [-0.39, 0.29) is 12.1 Å². The van der Waals surface area contributed by atoms with Gasteiger partial charge in [-0.3, -0.25) is 4.21 Å². The summed E-state index contributed by atoms with van der Waals surface area (Å²) in [5.74, 6) is 0.747. The fraction of sp³-hybridized carbons (Fsp3) is 1.00. The van der Waals surface area contributed by atoms with Crippen LogP contribution < -0.4 is 5.32 Å². The highest BCUT2D eigenvalue weighted by Crippen LogP contribution is 2.19. The molecule has 0 radical (unpaired) electrons. The van der Waals surface area contributed by atoms with E-state index in [2.05, 4.69) is 12.2 Å². The van der Waals surface area contributed by atoms with Gasteiger partial charge in [0.05, 0.1) is 6.10 Å². The molecular weight excluding hydrogens is 210 g/mol. The Bertz CT molecular complexity index is 211. The third-order valence-electron chi connectivity index (χ3n) is 3.07. The van der Waals surface area contributed by atoms with Crippen molar-refractivity contribution in [1.29, 1.82) is 0 Å². The van der Waals surface area contributed by atoms with Gasteiger partial charge in [0.1, 0.15) is 0 Å². The molecule has 4 atom stereocenters. The van der Waals surface area contributed by atoms with Crippen molar-refractivity contribution in [3.63, 3.8) is 0 Å². The third kappa shape index (κ3) is 5.09. The van der Waals surface area contributed by atoms with E-state index in [0.29, 0.717) is 6.04 Å². The molecule has 0 spiro atoms. The molecule has 2 unspecified atom stereocenters. The molecule has 1 saturated carbocycles. The molecule has 15 heavy (non-hydrogen) atoms. The second-order valence-electron chi connectivity index (χ2n) is 4.59. The summed E-state index contributed by atoms with van der Waals surface area (Å²) in [6, 6.07) is 0.602. The largest absolute Gasteiger partial charge is 0.392 e. The molecule has 0 amide bonds. The predicted octanol–water partition coefficient (Wildman–Crippen LogP) is 1.04. The van der Waals surface area contributed by atoms with E-state index in [1.165, 1.54) is 6.42 Å². The van der Waals surface area contributed by atoms with E-state index >= 15 is 0 Å². The Balaban J connectivity index is 2.23. The minimum atomic E-state index is -0.704. The van der Waals surface area contributed by atoms with Crippen molar-refractivity contribution >= 4 is 10.8 Å². The highest BCUT2D eigenvalue weighted by molar-refractivity contribution is 7.84. The van der Waals surface area contributed by atoms with E-state index in [1.807, 2.05) is 0 Å². The normalized spacial score (nSPS) is 31.1. The fourth-order valence-electron chi connectivity index (χ4n) is 2.10. The van der Waals surface area contributed by atoms with Gasteiger partial charge in [-0.15, -0.1) is 0 Å². The van der Waals surface area contributed by atoms with E-state index in [1.54, 1.807) is 6.26 Å². The summed E-state index contributed by atoms with van der Waals surface area (Å²) >= 11 is 0. The Morgan fingerprint density at radius 3 is 2.73 bits per heavy atom. The first-order chi connectivity index (χ1) is 7.09. The quantitative estimate of drug-likeness (QED) is 0.746. The molecule has 0 aromatic heterocycles. The summed E-state index contributed by atoms with van der Waals surface area (Å²) in [6.45, 7) is 2.11. The van der Waals surface area contributed by atoms with Crippen molar-refractivity contribution < 1.29 is 9.32 Å². The monoisotopic (exact) mass is 233 g/mol. The van der Waals surface area contributed by atoms with Crippen molar-refractivity contribution in [3.8, 4) is 0 Å². The summed E-state index contributed by atoms with van der Waals surface area (Å²) in [7, 11) is -0.704. The summed E-state index contributed by atoms with van der Waals surface area (Å²) < 4.78 is 10.9. The average Bonchev–Trinajstić information content (AvgIpc) is 2.18. The van der Waals surface area contributed by atoms with Crippen LogP contribution in [0.2, 0.25) is 0 Å². The number of nitrogens with one attached hydrogen (secondary N) is 1. The van der Waals surface area contributed by atoms with Crippen LogP contribution in [0.25, 0.3) is 0 Å². The van der Waals surface area contributed by atoms with Gasteiger partial charge in [-0.1, -0.05) is 12.8 Å². The lowest BCUT2D eigenvalue weighted by molar-refractivity contribution is 0.0858. The van der Waals surface area contributed by atoms with Crippen LogP contribution in [0.15, 0.2) is 0 Å². The van der Waals surface area contributed by atoms with E-state index < -0.39 is 10.8 Å². The van der Waals surface area contributed by atoms with Gasteiger partial charge in [-0.25, -0.2) is 0 Å². The minimum absolute atomic E-state index is 0.187. The molecule has 0 aromatic rings. The lowest BCUT2D eigenvalue weighted by Gasteiger charge is -2.31. The molecule has 1 aliphatic carbocycles. The summed E-state index contributed by atoms with van der Waals surface area (Å²) in [4.78, 5) is 0. The molecular formula is C11H23NO2S. The molecule has 0 aromatic carbocycles. The first kappa shape index (κ1) is 13.1. The summed E-state index contributed by atoms with van der Waals surface area (Å²) in [6.07, 6.45) is 6.82. The topological polar surface area (TPSA) is 49.3 Å².